The molecular weight excluding hydrogens is 420 g/mol. The number of carbonyl (C=O) groups excluding carboxylic acids is 1. The molecule has 0 bridgehead atoms. The summed E-state index contributed by atoms with van der Waals surface area (Å²) in [5.74, 6) is 0.618. The maximum Gasteiger partial charge on any atom is 0.264 e. The average Bonchev–Trinajstić information content (AvgIpc) is 3.08. The van der Waals surface area contributed by atoms with Gasteiger partial charge in [-0.05, 0) is 50.8 Å². The molecule has 0 saturated carbocycles. The first-order valence-electron chi connectivity index (χ1n) is 11.6. The second-order valence-corrected chi connectivity index (χ2v) is 9.71. The van der Waals surface area contributed by atoms with Crippen LogP contribution in [0.15, 0.2) is 35.1 Å². The molecule has 2 aromatic heterocycles. The molecule has 0 aliphatic carbocycles. The van der Waals surface area contributed by atoms with E-state index in [1.54, 1.807) is 6.92 Å². The van der Waals surface area contributed by atoms with E-state index in [2.05, 4.69) is 45.2 Å². The van der Waals surface area contributed by atoms with E-state index in [0.717, 1.165) is 57.5 Å². The van der Waals surface area contributed by atoms with E-state index >= 15 is 0 Å². The second-order valence-electron chi connectivity index (χ2n) is 8.71. The van der Waals surface area contributed by atoms with Crippen LogP contribution in [-0.4, -0.2) is 51.9 Å². The molecule has 0 radical (unpaired) electrons. The van der Waals surface area contributed by atoms with Gasteiger partial charge in [0.2, 0.25) is 0 Å². The summed E-state index contributed by atoms with van der Waals surface area (Å²) in [7, 11) is 0. The number of carbonyl (C=O) groups is 1. The first kappa shape index (κ1) is 22.7. The van der Waals surface area contributed by atoms with Gasteiger partial charge in [-0.3, -0.25) is 14.5 Å². The molecule has 1 fully saturated rings. The fourth-order valence-corrected chi connectivity index (χ4v) is 5.70. The molecule has 0 spiro atoms. The Hall–Kier alpha value is -2.51. The number of aryl methyl sites for hydroxylation is 2. The lowest BCUT2D eigenvalue weighted by atomic mass is 10.1. The van der Waals surface area contributed by atoms with Gasteiger partial charge in [0.15, 0.2) is 0 Å². The van der Waals surface area contributed by atoms with Crippen molar-refractivity contribution in [3.63, 3.8) is 0 Å². The van der Waals surface area contributed by atoms with Crippen LogP contribution in [0, 0.1) is 13.8 Å². The molecular formula is C25H32N4O2S. The Labute approximate surface area is 193 Å². The number of thiophene rings is 1. The normalized spacial score (nSPS) is 16.8. The largest absolute Gasteiger partial charge is 0.338 e. The van der Waals surface area contributed by atoms with Crippen LogP contribution in [0.25, 0.3) is 10.2 Å². The minimum absolute atomic E-state index is 0.0383. The van der Waals surface area contributed by atoms with Crippen molar-refractivity contribution in [2.75, 3.05) is 26.2 Å². The lowest BCUT2D eigenvalue weighted by Crippen LogP contribution is -2.35. The topological polar surface area (TPSA) is 69.3 Å². The number of hydrogen-bond donors (Lipinski definition) is 1. The van der Waals surface area contributed by atoms with Crippen molar-refractivity contribution < 1.29 is 4.79 Å². The summed E-state index contributed by atoms with van der Waals surface area (Å²) in [5, 5.41) is 0.552. The fraction of sp³-hybridized carbons (Fsp3) is 0.480. The summed E-state index contributed by atoms with van der Waals surface area (Å²) >= 11 is 1.35. The third-order valence-corrected chi connectivity index (χ3v) is 7.38. The van der Waals surface area contributed by atoms with Crippen molar-refractivity contribution in [3.05, 3.63) is 62.5 Å². The molecule has 6 nitrogen and oxygen atoms in total. The number of nitrogens with zero attached hydrogens (tertiary/aromatic N) is 3. The molecule has 170 valence electrons. The third-order valence-electron chi connectivity index (χ3n) is 6.20. The maximum atomic E-state index is 13.5. The molecule has 1 saturated heterocycles. The predicted octanol–water partition coefficient (Wildman–Crippen LogP) is 4.51. The van der Waals surface area contributed by atoms with E-state index in [0.29, 0.717) is 20.9 Å². The number of fused-ring (bicyclic) bond motifs is 1. The zero-order valence-corrected chi connectivity index (χ0v) is 19.8. The van der Waals surface area contributed by atoms with Crippen LogP contribution in [0.5, 0.6) is 0 Å². The third kappa shape index (κ3) is 5.27. The number of aromatic amines is 1. The Morgan fingerprint density at radius 3 is 2.47 bits per heavy atom. The van der Waals surface area contributed by atoms with Gasteiger partial charge in [-0.1, -0.05) is 43.2 Å². The van der Waals surface area contributed by atoms with Crippen molar-refractivity contribution in [1.82, 2.24) is 19.8 Å². The Morgan fingerprint density at radius 2 is 1.69 bits per heavy atom. The zero-order chi connectivity index (χ0) is 22.5. The minimum Gasteiger partial charge on any atom is -0.338 e. The van der Waals surface area contributed by atoms with Crippen molar-refractivity contribution >= 4 is 27.5 Å². The molecule has 0 atom stereocenters. The highest BCUT2D eigenvalue weighted by Crippen LogP contribution is 2.28. The SMILES string of the molecule is Cc1nc2sc(C(=O)N3CCCCCCN(Cc4ccccc4)CCC3)c(C)c2c(=O)[nH]1. The number of hydrogen-bond acceptors (Lipinski definition) is 5. The highest BCUT2D eigenvalue weighted by molar-refractivity contribution is 7.20. The lowest BCUT2D eigenvalue weighted by Gasteiger charge is -2.25. The Balaban J connectivity index is 1.49. The van der Waals surface area contributed by atoms with Gasteiger partial charge in [-0.25, -0.2) is 4.98 Å². The first-order chi connectivity index (χ1) is 15.5. The molecule has 1 amide bonds. The van der Waals surface area contributed by atoms with E-state index < -0.39 is 0 Å². The summed E-state index contributed by atoms with van der Waals surface area (Å²) in [6.45, 7) is 8.18. The van der Waals surface area contributed by atoms with Crippen LogP contribution >= 0.6 is 11.3 Å². The van der Waals surface area contributed by atoms with Crippen LogP contribution in [-0.2, 0) is 6.54 Å². The van der Waals surface area contributed by atoms with Crippen LogP contribution in [0.3, 0.4) is 0 Å². The van der Waals surface area contributed by atoms with E-state index in [4.69, 9.17) is 0 Å². The second kappa shape index (κ2) is 10.4. The summed E-state index contributed by atoms with van der Waals surface area (Å²) in [6, 6.07) is 10.6. The van der Waals surface area contributed by atoms with Gasteiger partial charge in [0.1, 0.15) is 10.7 Å². The monoisotopic (exact) mass is 452 g/mol. The van der Waals surface area contributed by atoms with Crippen molar-refractivity contribution in [3.8, 4) is 0 Å². The lowest BCUT2D eigenvalue weighted by molar-refractivity contribution is 0.0750. The number of rotatable bonds is 3. The molecule has 3 heterocycles. The number of amides is 1. The molecule has 32 heavy (non-hydrogen) atoms. The van der Waals surface area contributed by atoms with Crippen molar-refractivity contribution in [2.24, 2.45) is 0 Å². The molecule has 1 aliphatic heterocycles. The number of benzene rings is 1. The maximum absolute atomic E-state index is 13.5. The molecule has 1 aliphatic rings. The van der Waals surface area contributed by atoms with Crippen LogP contribution in [0.2, 0.25) is 0 Å². The highest BCUT2D eigenvalue weighted by Gasteiger charge is 2.23. The van der Waals surface area contributed by atoms with Gasteiger partial charge in [0, 0.05) is 26.2 Å². The fourth-order valence-electron chi connectivity index (χ4n) is 4.50. The van der Waals surface area contributed by atoms with Crippen LogP contribution in [0.1, 0.15) is 58.7 Å². The summed E-state index contributed by atoms with van der Waals surface area (Å²) in [4.78, 5) is 38.9. The Bertz CT molecular complexity index is 1120. The summed E-state index contributed by atoms with van der Waals surface area (Å²) < 4.78 is 0. The van der Waals surface area contributed by atoms with Gasteiger partial charge in [-0.15, -0.1) is 11.3 Å². The standard InChI is InChI=1S/C25H32N4O2S/c1-18-21-23(30)26-19(2)27-24(21)32-22(18)25(31)29-15-9-4-3-8-13-28(14-10-16-29)17-20-11-6-5-7-12-20/h5-7,11-12H,3-4,8-10,13-17H2,1-2H3,(H,26,27,30). The van der Waals surface area contributed by atoms with Gasteiger partial charge >= 0.3 is 0 Å². The first-order valence-corrected chi connectivity index (χ1v) is 12.4. The van der Waals surface area contributed by atoms with E-state index in [1.807, 2.05) is 11.8 Å². The Morgan fingerprint density at radius 1 is 1.00 bits per heavy atom. The van der Waals surface area contributed by atoms with Gasteiger partial charge in [-0.2, -0.15) is 0 Å². The van der Waals surface area contributed by atoms with Gasteiger partial charge < -0.3 is 9.88 Å². The predicted molar refractivity (Wildman–Crippen MR) is 130 cm³/mol. The molecule has 1 N–H and O–H groups in total. The van der Waals surface area contributed by atoms with E-state index in [1.165, 1.54) is 29.7 Å². The van der Waals surface area contributed by atoms with Crippen LogP contribution < -0.4 is 5.56 Å². The number of aromatic nitrogens is 2. The molecule has 3 aromatic rings. The number of nitrogens with one attached hydrogen (secondary N) is 1. The Kier molecular flexibility index (Phi) is 7.37. The highest BCUT2D eigenvalue weighted by atomic mass is 32.1. The summed E-state index contributed by atoms with van der Waals surface area (Å²) in [5.41, 5.74) is 1.93. The van der Waals surface area contributed by atoms with Gasteiger partial charge in [0.25, 0.3) is 11.5 Å². The summed E-state index contributed by atoms with van der Waals surface area (Å²) in [6.07, 6.45) is 5.49. The average molecular weight is 453 g/mol. The molecule has 7 heteroatoms. The number of H-pyrrole nitrogens is 1. The quantitative estimate of drug-likeness (QED) is 0.635. The molecule has 1 aromatic carbocycles. The van der Waals surface area contributed by atoms with Crippen molar-refractivity contribution in [2.45, 2.75) is 52.5 Å². The van der Waals surface area contributed by atoms with E-state index in [-0.39, 0.29) is 11.5 Å². The van der Waals surface area contributed by atoms with Crippen molar-refractivity contribution in [1.29, 1.82) is 0 Å². The smallest absolute Gasteiger partial charge is 0.264 e. The molecule has 4 rings (SSSR count). The van der Waals surface area contributed by atoms with E-state index in [9.17, 15) is 9.59 Å². The zero-order valence-electron chi connectivity index (χ0n) is 19.0. The van der Waals surface area contributed by atoms with Crippen LogP contribution in [0.4, 0.5) is 0 Å². The minimum atomic E-state index is -0.158. The van der Waals surface area contributed by atoms with Gasteiger partial charge in [0.05, 0.1) is 10.3 Å². The molecule has 0 unspecified atom stereocenters.